The van der Waals surface area contributed by atoms with Crippen LogP contribution in [0, 0.1) is 24.1 Å². The normalized spacial score (nSPS) is 10.1. The summed E-state index contributed by atoms with van der Waals surface area (Å²) in [6.45, 7) is 1.80. The maximum atomic E-state index is 13.2. The molecule has 1 aromatic heterocycles. The zero-order valence-electron chi connectivity index (χ0n) is 8.66. The lowest BCUT2D eigenvalue weighted by atomic mass is 10.1. The molecule has 1 heterocycles. The standard InChI is InChI=1S/C11H9FN4/c1-7-4-8(6-9(12)5-7)11-14-10(2-3-13)15-16-11/h4-6H,2H2,1H3,(H,14,15,16). The van der Waals surface area contributed by atoms with Gasteiger partial charge in [-0.3, -0.25) is 5.10 Å². The summed E-state index contributed by atoms with van der Waals surface area (Å²) in [5, 5.41) is 15.1. The molecular weight excluding hydrogens is 207 g/mol. The van der Waals surface area contributed by atoms with Crippen molar-refractivity contribution in [1.29, 1.82) is 5.26 Å². The molecule has 0 aliphatic carbocycles. The number of aryl methyl sites for hydroxylation is 1. The van der Waals surface area contributed by atoms with E-state index in [1.54, 1.807) is 13.0 Å². The second-order valence-corrected chi connectivity index (χ2v) is 3.46. The number of nitrogens with zero attached hydrogens (tertiary/aromatic N) is 3. The highest BCUT2D eigenvalue weighted by atomic mass is 19.1. The van der Waals surface area contributed by atoms with E-state index in [0.717, 1.165) is 5.56 Å². The molecule has 0 bridgehead atoms. The third-order valence-electron chi connectivity index (χ3n) is 2.08. The number of halogens is 1. The quantitative estimate of drug-likeness (QED) is 0.834. The summed E-state index contributed by atoms with van der Waals surface area (Å²) in [6.07, 6.45) is 0.168. The van der Waals surface area contributed by atoms with Crippen LogP contribution in [0.1, 0.15) is 11.4 Å². The maximum Gasteiger partial charge on any atom is 0.181 e. The van der Waals surface area contributed by atoms with Crippen LogP contribution in [0.4, 0.5) is 4.39 Å². The van der Waals surface area contributed by atoms with Gasteiger partial charge in [0.15, 0.2) is 5.82 Å². The van der Waals surface area contributed by atoms with Crippen LogP contribution in [0.5, 0.6) is 0 Å². The Hall–Kier alpha value is -2.22. The molecule has 2 aromatic rings. The van der Waals surface area contributed by atoms with Gasteiger partial charge in [0.1, 0.15) is 11.6 Å². The van der Waals surface area contributed by atoms with Crippen molar-refractivity contribution >= 4 is 0 Å². The number of rotatable bonds is 2. The lowest BCUT2D eigenvalue weighted by Gasteiger charge is -1.97. The highest BCUT2D eigenvalue weighted by Crippen LogP contribution is 2.18. The van der Waals surface area contributed by atoms with Gasteiger partial charge in [-0.25, -0.2) is 9.37 Å². The predicted octanol–water partition coefficient (Wildman–Crippen LogP) is 1.99. The molecule has 0 fully saturated rings. The molecule has 5 heteroatoms. The second-order valence-electron chi connectivity index (χ2n) is 3.46. The summed E-state index contributed by atoms with van der Waals surface area (Å²) in [5.74, 6) is 0.578. The Morgan fingerprint density at radius 3 is 2.94 bits per heavy atom. The van der Waals surface area contributed by atoms with Crippen LogP contribution in [0.15, 0.2) is 18.2 Å². The van der Waals surface area contributed by atoms with Crippen LogP contribution in [0.3, 0.4) is 0 Å². The monoisotopic (exact) mass is 216 g/mol. The van der Waals surface area contributed by atoms with E-state index < -0.39 is 0 Å². The van der Waals surface area contributed by atoms with E-state index in [1.807, 2.05) is 6.07 Å². The van der Waals surface area contributed by atoms with Gasteiger partial charge < -0.3 is 0 Å². The fourth-order valence-electron chi connectivity index (χ4n) is 1.44. The first kappa shape index (κ1) is 10.3. The highest BCUT2D eigenvalue weighted by Gasteiger charge is 2.07. The van der Waals surface area contributed by atoms with Gasteiger partial charge in [0, 0.05) is 5.56 Å². The number of nitrogens with one attached hydrogen (secondary N) is 1. The Balaban J connectivity index is 2.39. The summed E-state index contributed by atoms with van der Waals surface area (Å²) in [6, 6.07) is 6.56. The number of aromatic nitrogens is 3. The molecule has 0 radical (unpaired) electrons. The third kappa shape index (κ3) is 2.06. The Morgan fingerprint density at radius 2 is 2.25 bits per heavy atom. The molecule has 16 heavy (non-hydrogen) atoms. The molecular formula is C11H9FN4. The Morgan fingerprint density at radius 1 is 1.44 bits per heavy atom. The molecule has 0 saturated heterocycles. The molecule has 80 valence electrons. The molecule has 0 unspecified atom stereocenters. The van der Waals surface area contributed by atoms with E-state index >= 15 is 0 Å². The lowest BCUT2D eigenvalue weighted by molar-refractivity contribution is 0.627. The minimum absolute atomic E-state index is 0.168. The van der Waals surface area contributed by atoms with Gasteiger partial charge in [-0.15, -0.1) is 0 Å². The Bertz CT molecular complexity index is 533. The number of H-pyrrole nitrogens is 1. The number of aromatic amines is 1. The van der Waals surface area contributed by atoms with E-state index in [9.17, 15) is 4.39 Å². The molecule has 0 amide bonds. The van der Waals surface area contributed by atoms with Crippen molar-refractivity contribution < 1.29 is 4.39 Å². The van der Waals surface area contributed by atoms with Crippen molar-refractivity contribution in [3.8, 4) is 17.5 Å². The average Bonchev–Trinajstić information content (AvgIpc) is 2.65. The largest absolute Gasteiger partial charge is 0.262 e. The van der Waals surface area contributed by atoms with Crippen molar-refractivity contribution in [2.45, 2.75) is 13.3 Å². The van der Waals surface area contributed by atoms with Gasteiger partial charge >= 0.3 is 0 Å². The predicted molar refractivity (Wildman–Crippen MR) is 55.8 cm³/mol. The zero-order valence-corrected chi connectivity index (χ0v) is 8.66. The Kier molecular flexibility index (Phi) is 2.64. The van der Waals surface area contributed by atoms with Gasteiger partial charge in [-0.2, -0.15) is 10.4 Å². The van der Waals surface area contributed by atoms with Crippen molar-refractivity contribution in [1.82, 2.24) is 15.2 Å². The molecule has 0 spiro atoms. The van der Waals surface area contributed by atoms with E-state index in [1.165, 1.54) is 12.1 Å². The second kappa shape index (κ2) is 4.11. The maximum absolute atomic E-state index is 13.2. The number of hydrogen-bond donors (Lipinski definition) is 1. The fraction of sp³-hybridized carbons (Fsp3) is 0.182. The molecule has 1 aromatic carbocycles. The molecule has 4 nitrogen and oxygen atoms in total. The van der Waals surface area contributed by atoms with Gasteiger partial charge in [0.25, 0.3) is 0 Å². The minimum atomic E-state index is -0.318. The third-order valence-corrected chi connectivity index (χ3v) is 2.08. The summed E-state index contributed by atoms with van der Waals surface area (Å²) in [7, 11) is 0. The summed E-state index contributed by atoms with van der Waals surface area (Å²) < 4.78 is 13.2. The summed E-state index contributed by atoms with van der Waals surface area (Å²) >= 11 is 0. The van der Waals surface area contributed by atoms with E-state index in [0.29, 0.717) is 17.2 Å². The van der Waals surface area contributed by atoms with Crippen molar-refractivity contribution in [3.63, 3.8) is 0 Å². The van der Waals surface area contributed by atoms with Crippen LogP contribution in [-0.2, 0) is 6.42 Å². The smallest absolute Gasteiger partial charge is 0.181 e. The Labute approximate surface area is 91.8 Å². The van der Waals surface area contributed by atoms with Crippen LogP contribution >= 0.6 is 0 Å². The van der Waals surface area contributed by atoms with Gasteiger partial charge in [-0.05, 0) is 30.7 Å². The molecule has 0 saturated carbocycles. The first-order valence-electron chi connectivity index (χ1n) is 4.75. The zero-order chi connectivity index (χ0) is 11.5. The SMILES string of the molecule is Cc1cc(F)cc(-c2n[nH]c(CC#N)n2)c1. The van der Waals surface area contributed by atoms with Crippen LogP contribution in [0.2, 0.25) is 0 Å². The number of benzene rings is 1. The summed E-state index contributed by atoms with van der Waals surface area (Å²) in [5.41, 5.74) is 1.42. The summed E-state index contributed by atoms with van der Waals surface area (Å²) in [4.78, 5) is 4.10. The van der Waals surface area contributed by atoms with Crippen molar-refractivity contribution in [3.05, 3.63) is 35.4 Å². The molecule has 0 aliphatic heterocycles. The molecule has 2 rings (SSSR count). The molecule has 0 atom stereocenters. The van der Waals surface area contributed by atoms with E-state index in [-0.39, 0.29) is 12.2 Å². The van der Waals surface area contributed by atoms with Crippen LogP contribution in [-0.4, -0.2) is 15.2 Å². The number of hydrogen-bond acceptors (Lipinski definition) is 3. The highest BCUT2D eigenvalue weighted by molar-refractivity contribution is 5.55. The van der Waals surface area contributed by atoms with Gasteiger partial charge in [0.05, 0.1) is 12.5 Å². The average molecular weight is 216 g/mol. The van der Waals surface area contributed by atoms with Gasteiger partial charge in [-0.1, -0.05) is 0 Å². The molecule has 1 N–H and O–H groups in total. The first-order chi connectivity index (χ1) is 7.69. The van der Waals surface area contributed by atoms with Crippen LogP contribution in [0.25, 0.3) is 11.4 Å². The van der Waals surface area contributed by atoms with E-state index in [4.69, 9.17) is 5.26 Å². The topological polar surface area (TPSA) is 65.4 Å². The van der Waals surface area contributed by atoms with E-state index in [2.05, 4.69) is 15.2 Å². The minimum Gasteiger partial charge on any atom is -0.262 e. The first-order valence-corrected chi connectivity index (χ1v) is 4.75. The van der Waals surface area contributed by atoms with Crippen molar-refractivity contribution in [2.24, 2.45) is 0 Å². The lowest BCUT2D eigenvalue weighted by Crippen LogP contribution is -1.86. The van der Waals surface area contributed by atoms with Crippen LogP contribution < -0.4 is 0 Å². The molecule has 0 aliphatic rings. The fourth-order valence-corrected chi connectivity index (χ4v) is 1.44. The van der Waals surface area contributed by atoms with Gasteiger partial charge in [0.2, 0.25) is 0 Å². The van der Waals surface area contributed by atoms with Crippen molar-refractivity contribution in [2.75, 3.05) is 0 Å². The number of nitriles is 1.